The standard InChI is InChI=1S/C16H12Cl2O5/c1-7-4-8(16(21)23-3)12(11(5-7)22-2)13-10(19)6-9(17)15(20)14(13)18/h4-6H,1-3H3. The largest absolute Gasteiger partial charge is 0.496 e. The van der Waals surface area contributed by atoms with Crippen molar-refractivity contribution in [3.63, 3.8) is 0 Å². The highest BCUT2D eigenvalue weighted by molar-refractivity contribution is 6.62. The summed E-state index contributed by atoms with van der Waals surface area (Å²) in [4.78, 5) is 36.4. The summed E-state index contributed by atoms with van der Waals surface area (Å²) < 4.78 is 10.00. The minimum absolute atomic E-state index is 0.0741. The minimum atomic E-state index is -0.693. The molecule has 0 aromatic heterocycles. The quantitative estimate of drug-likeness (QED) is 0.616. The van der Waals surface area contributed by atoms with E-state index in [0.29, 0.717) is 5.56 Å². The van der Waals surface area contributed by atoms with Gasteiger partial charge in [0.1, 0.15) is 10.8 Å². The smallest absolute Gasteiger partial charge is 0.338 e. The first-order valence-electron chi connectivity index (χ1n) is 6.45. The van der Waals surface area contributed by atoms with Crippen LogP contribution in [0.25, 0.3) is 5.57 Å². The van der Waals surface area contributed by atoms with Crippen molar-refractivity contribution >= 4 is 46.3 Å². The summed E-state index contributed by atoms with van der Waals surface area (Å²) in [6.45, 7) is 1.75. The minimum Gasteiger partial charge on any atom is -0.496 e. The van der Waals surface area contributed by atoms with Crippen LogP contribution in [0.1, 0.15) is 21.5 Å². The number of allylic oxidation sites excluding steroid dienone is 4. The molecule has 0 fully saturated rings. The maximum absolute atomic E-state index is 12.3. The van der Waals surface area contributed by atoms with Crippen LogP contribution < -0.4 is 4.74 Å². The lowest BCUT2D eigenvalue weighted by Gasteiger charge is -2.18. The third kappa shape index (κ3) is 3.02. The predicted octanol–water partition coefficient (Wildman–Crippen LogP) is 3.01. The molecule has 0 amide bonds. The Morgan fingerprint density at radius 2 is 1.78 bits per heavy atom. The molecule has 120 valence electrons. The molecule has 0 spiro atoms. The Morgan fingerprint density at radius 3 is 2.35 bits per heavy atom. The van der Waals surface area contributed by atoms with E-state index in [1.54, 1.807) is 13.0 Å². The van der Waals surface area contributed by atoms with Crippen LogP contribution in [0.2, 0.25) is 0 Å². The second-order valence-corrected chi connectivity index (χ2v) is 5.54. The number of rotatable bonds is 3. The van der Waals surface area contributed by atoms with E-state index in [4.69, 9.17) is 32.7 Å². The average molecular weight is 355 g/mol. The van der Waals surface area contributed by atoms with Crippen molar-refractivity contribution in [2.24, 2.45) is 0 Å². The zero-order valence-electron chi connectivity index (χ0n) is 12.5. The molecular weight excluding hydrogens is 343 g/mol. The van der Waals surface area contributed by atoms with E-state index >= 15 is 0 Å². The summed E-state index contributed by atoms with van der Waals surface area (Å²) in [6, 6.07) is 3.15. The fourth-order valence-corrected chi connectivity index (χ4v) is 2.79. The van der Waals surface area contributed by atoms with E-state index < -0.39 is 17.5 Å². The molecule has 5 nitrogen and oxygen atoms in total. The van der Waals surface area contributed by atoms with E-state index in [1.165, 1.54) is 20.3 Å². The molecule has 7 heteroatoms. The van der Waals surface area contributed by atoms with Crippen LogP contribution in [0.4, 0.5) is 0 Å². The van der Waals surface area contributed by atoms with Gasteiger partial charge in [0.2, 0.25) is 5.78 Å². The summed E-state index contributed by atoms with van der Waals surface area (Å²) in [7, 11) is 2.59. The molecule has 0 heterocycles. The molecule has 0 saturated heterocycles. The lowest BCUT2D eigenvalue weighted by molar-refractivity contribution is -0.113. The molecule has 1 aromatic rings. The Morgan fingerprint density at radius 1 is 1.13 bits per heavy atom. The number of esters is 1. The highest BCUT2D eigenvalue weighted by Gasteiger charge is 2.32. The molecule has 0 radical (unpaired) electrons. The van der Waals surface area contributed by atoms with Crippen LogP contribution in [0, 0.1) is 6.92 Å². The number of ether oxygens (including phenoxy) is 2. The van der Waals surface area contributed by atoms with Gasteiger partial charge in [-0.05, 0) is 24.6 Å². The number of benzene rings is 1. The van der Waals surface area contributed by atoms with Gasteiger partial charge in [-0.3, -0.25) is 9.59 Å². The molecule has 2 rings (SSSR count). The van der Waals surface area contributed by atoms with Gasteiger partial charge in [0, 0.05) is 11.6 Å². The highest BCUT2D eigenvalue weighted by atomic mass is 35.5. The van der Waals surface area contributed by atoms with Crippen molar-refractivity contribution in [3.05, 3.63) is 45.0 Å². The summed E-state index contributed by atoms with van der Waals surface area (Å²) in [5.41, 5.74) is 0.753. The number of aryl methyl sites for hydroxylation is 1. The van der Waals surface area contributed by atoms with Gasteiger partial charge in [-0.1, -0.05) is 23.2 Å². The first-order valence-corrected chi connectivity index (χ1v) is 7.20. The number of carbonyl (C=O) groups excluding carboxylic acids is 3. The lowest BCUT2D eigenvalue weighted by atomic mass is 9.90. The first-order chi connectivity index (χ1) is 10.8. The Kier molecular flexibility index (Phi) is 4.92. The number of hydrogen-bond acceptors (Lipinski definition) is 5. The summed E-state index contributed by atoms with van der Waals surface area (Å²) in [6.07, 6.45) is 0.964. The van der Waals surface area contributed by atoms with E-state index in [-0.39, 0.29) is 32.5 Å². The van der Waals surface area contributed by atoms with Gasteiger partial charge in [-0.15, -0.1) is 0 Å². The van der Waals surface area contributed by atoms with Crippen LogP contribution >= 0.6 is 23.2 Å². The van der Waals surface area contributed by atoms with Gasteiger partial charge in [-0.2, -0.15) is 0 Å². The fourth-order valence-electron chi connectivity index (χ4n) is 2.26. The van der Waals surface area contributed by atoms with Crippen molar-refractivity contribution in [2.75, 3.05) is 14.2 Å². The molecule has 0 unspecified atom stereocenters. The van der Waals surface area contributed by atoms with Crippen LogP contribution in [0.15, 0.2) is 28.3 Å². The molecule has 1 aromatic carbocycles. The van der Waals surface area contributed by atoms with E-state index in [1.807, 2.05) is 0 Å². The average Bonchev–Trinajstić information content (AvgIpc) is 2.52. The Balaban J connectivity index is 2.84. The first kappa shape index (κ1) is 17.2. The third-order valence-corrected chi connectivity index (χ3v) is 3.90. The monoisotopic (exact) mass is 354 g/mol. The molecule has 23 heavy (non-hydrogen) atoms. The van der Waals surface area contributed by atoms with Crippen molar-refractivity contribution in [2.45, 2.75) is 6.92 Å². The number of hydrogen-bond donors (Lipinski definition) is 0. The van der Waals surface area contributed by atoms with Crippen LogP contribution in [0.5, 0.6) is 5.75 Å². The molecule has 1 aliphatic carbocycles. The van der Waals surface area contributed by atoms with Crippen molar-refractivity contribution in [1.29, 1.82) is 0 Å². The topological polar surface area (TPSA) is 69.7 Å². The SMILES string of the molecule is COC(=O)c1cc(C)cc(OC)c1C1=C(Cl)C(=O)C(Cl)=CC1=O. The molecular formula is C16H12Cl2O5. The van der Waals surface area contributed by atoms with Crippen LogP contribution in [-0.4, -0.2) is 31.8 Å². The molecule has 0 N–H and O–H groups in total. The molecule has 0 aliphatic heterocycles. The Hall–Kier alpha value is -2.11. The number of Topliss-reactive ketones (excluding diaryl/α,β-unsaturated/α-hetero) is 1. The van der Waals surface area contributed by atoms with Crippen LogP contribution in [0.3, 0.4) is 0 Å². The van der Waals surface area contributed by atoms with Gasteiger partial charge in [0.05, 0.1) is 30.4 Å². The van der Waals surface area contributed by atoms with Gasteiger partial charge in [0.15, 0.2) is 5.78 Å². The van der Waals surface area contributed by atoms with Gasteiger partial charge in [0.25, 0.3) is 0 Å². The lowest BCUT2D eigenvalue weighted by Crippen LogP contribution is -2.17. The maximum Gasteiger partial charge on any atom is 0.338 e. The Labute approximate surface area is 142 Å². The fraction of sp³-hybridized carbons (Fsp3) is 0.188. The Bertz CT molecular complexity index is 790. The number of ketones is 2. The second-order valence-electron chi connectivity index (χ2n) is 4.76. The van der Waals surface area contributed by atoms with E-state index in [0.717, 1.165) is 6.08 Å². The summed E-state index contributed by atoms with van der Waals surface area (Å²) in [5, 5.41) is -0.649. The molecule has 0 bridgehead atoms. The number of methoxy groups -OCH3 is 2. The maximum atomic E-state index is 12.3. The van der Waals surface area contributed by atoms with Gasteiger partial charge < -0.3 is 9.47 Å². The van der Waals surface area contributed by atoms with Gasteiger partial charge in [-0.25, -0.2) is 4.79 Å². The van der Waals surface area contributed by atoms with Gasteiger partial charge >= 0.3 is 5.97 Å². The van der Waals surface area contributed by atoms with E-state index in [9.17, 15) is 14.4 Å². The zero-order valence-corrected chi connectivity index (χ0v) is 14.0. The number of halogens is 2. The molecule has 0 saturated carbocycles. The van der Waals surface area contributed by atoms with Crippen molar-refractivity contribution in [1.82, 2.24) is 0 Å². The zero-order chi connectivity index (χ0) is 17.3. The van der Waals surface area contributed by atoms with Crippen LogP contribution in [-0.2, 0) is 14.3 Å². The van der Waals surface area contributed by atoms with Crippen molar-refractivity contribution < 1.29 is 23.9 Å². The molecule has 1 aliphatic rings. The predicted molar refractivity (Wildman–Crippen MR) is 85.8 cm³/mol. The van der Waals surface area contributed by atoms with Crippen molar-refractivity contribution in [3.8, 4) is 5.75 Å². The summed E-state index contributed by atoms with van der Waals surface area (Å²) >= 11 is 11.7. The highest BCUT2D eigenvalue weighted by Crippen LogP contribution is 2.38. The summed E-state index contributed by atoms with van der Waals surface area (Å²) in [5.74, 6) is -1.74. The second kappa shape index (κ2) is 6.56. The molecule has 0 atom stereocenters. The normalized spacial score (nSPS) is 14.7. The number of carbonyl (C=O) groups is 3. The van der Waals surface area contributed by atoms with E-state index in [2.05, 4.69) is 0 Å². The third-order valence-electron chi connectivity index (χ3n) is 3.26.